The van der Waals surface area contributed by atoms with Crippen LogP contribution in [0.5, 0.6) is 0 Å². The molecule has 1 amide bonds. The Bertz CT molecular complexity index is 411. The van der Waals surface area contributed by atoms with E-state index in [1.165, 1.54) is 12.1 Å². The molecule has 0 atom stereocenters. The SMILES string of the molecule is NC(=O)OC/C=C/c1ccc([N+](=O)[O-])cc1. The summed E-state index contributed by atoms with van der Waals surface area (Å²) in [6, 6.07) is 5.99. The number of non-ortho nitro benzene ring substituents is 1. The van der Waals surface area contributed by atoms with E-state index >= 15 is 0 Å². The van der Waals surface area contributed by atoms with Crippen molar-refractivity contribution in [3.8, 4) is 0 Å². The van der Waals surface area contributed by atoms with Crippen molar-refractivity contribution in [2.45, 2.75) is 0 Å². The summed E-state index contributed by atoms with van der Waals surface area (Å²) in [6.45, 7) is 0.0757. The Labute approximate surface area is 91.5 Å². The number of amides is 1. The number of hydrogen-bond donors (Lipinski definition) is 1. The number of ether oxygens (including phenoxy) is 1. The molecule has 1 aromatic carbocycles. The van der Waals surface area contributed by atoms with Crippen LogP contribution in [0.4, 0.5) is 10.5 Å². The summed E-state index contributed by atoms with van der Waals surface area (Å²) >= 11 is 0. The number of nitrogens with two attached hydrogens (primary N) is 1. The number of carbonyl (C=O) groups is 1. The quantitative estimate of drug-likeness (QED) is 0.619. The van der Waals surface area contributed by atoms with Gasteiger partial charge in [0.1, 0.15) is 6.61 Å². The standard InChI is InChI=1S/C10H10N2O4/c11-10(13)16-7-1-2-8-3-5-9(6-4-8)12(14)15/h1-6H,7H2,(H2,11,13)/b2-1+. The molecule has 0 aliphatic heterocycles. The highest BCUT2D eigenvalue weighted by Gasteiger charge is 2.01. The molecule has 0 aromatic heterocycles. The molecule has 1 aromatic rings. The normalized spacial score (nSPS) is 10.2. The maximum absolute atomic E-state index is 10.4. The molecule has 1 rings (SSSR count). The molecule has 0 unspecified atom stereocenters. The Kier molecular flexibility index (Phi) is 4.02. The number of primary amides is 1. The van der Waals surface area contributed by atoms with Gasteiger partial charge >= 0.3 is 6.09 Å². The first-order valence-corrected chi connectivity index (χ1v) is 4.43. The van der Waals surface area contributed by atoms with Crippen molar-refractivity contribution in [3.63, 3.8) is 0 Å². The second-order valence-electron chi connectivity index (χ2n) is 2.88. The maximum atomic E-state index is 10.4. The van der Waals surface area contributed by atoms with Gasteiger partial charge in [0.15, 0.2) is 0 Å². The lowest BCUT2D eigenvalue weighted by Gasteiger charge is -1.95. The van der Waals surface area contributed by atoms with Crippen LogP contribution in [0, 0.1) is 10.1 Å². The van der Waals surface area contributed by atoms with E-state index in [0.29, 0.717) is 0 Å². The zero-order valence-electron chi connectivity index (χ0n) is 8.33. The topological polar surface area (TPSA) is 95.5 Å². The first-order valence-electron chi connectivity index (χ1n) is 4.43. The molecule has 2 N–H and O–H groups in total. The number of nitro benzene ring substituents is 1. The van der Waals surface area contributed by atoms with Gasteiger partial charge in [-0.1, -0.05) is 6.08 Å². The number of nitro groups is 1. The minimum absolute atomic E-state index is 0.0329. The molecule has 0 bridgehead atoms. The molecule has 0 heterocycles. The van der Waals surface area contributed by atoms with Crippen LogP contribution in [0.2, 0.25) is 0 Å². The summed E-state index contributed by atoms with van der Waals surface area (Å²) in [5.74, 6) is 0. The van der Waals surface area contributed by atoms with Gasteiger partial charge in [-0.3, -0.25) is 10.1 Å². The Balaban J connectivity index is 2.55. The average Bonchev–Trinajstić information content (AvgIpc) is 2.25. The third-order valence-corrected chi connectivity index (χ3v) is 1.74. The zero-order chi connectivity index (χ0) is 12.0. The van der Waals surface area contributed by atoms with E-state index in [-0.39, 0.29) is 12.3 Å². The number of rotatable bonds is 4. The molecule has 0 spiro atoms. The van der Waals surface area contributed by atoms with Gasteiger partial charge in [0, 0.05) is 12.1 Å². The van der Waals surface area contributed by atoms with Gasteiger partial charge in [0.25, 0.3) is 5.69 Å². The van der Waals surface area contributed by atoms with Crippen LogP contribution < -0.4 is 5.73 Å². The molecule has 0 aliphatic carbocycles. The van der Waals surface area contributed by atoms with Crippen molar-refractivity contribution in [2.24, 2.45) is 5.73 Å². The fourth-order valence-electron chi connectivity index (χ4n) is 1.02. The lowest BCUT2D eigenvalue weighted by molar-refractivity contribution is -0.384. The lowest BCUT2D eigenvalue weighted by atomic mass is 10.2. The molecule has 0 saturated heterocycles. The van der Waals surface area contributed by atoms with Crippen molar-refractivity contribution in [2.75, 3.05) is 6.61 Å². The van der Waals surface area contributed by atoms with Crippen molar-refractivity contribution >= 4 is 17.9 Å². The summed E-state index contributed by atoms with van der Waals surface area (Å²) < 4.78 is 4.47. The van der Waals surface area contributed by atoms with Crippen LogP contribution in [-0.2, 0) is 4.74 Å². The Morgan fingerprint density at radius 3 is 2.56 bits per heavy atom. The van der Waals surface area contributed by atoms with Gasteiger partial charge in [0.2, 0.25) is 0 Å². The highest BCUT2D eigenvalue weighted by molar-refractivity contribution is 5.64. The molecular weight excluding hydrogens is 212 g/mol. The predicted octanol–water partition coefficient (Wildman–Crippen LogP) is 1.70. The maximum Gasteiger partial charge on any atom is 0.404 e. The Morgan fingerprint density at radius 2 is 2.06 bits per heavy atom. The van der Waals surface area contributed by atoms with Crippen LogP contribution in [-0.4, -0.2) is 17.6 Å². The highest BCUT2D eigenvalue weighted by Crippen LogP contribution is 2.12. The summed E-state index contributed by atoms with van der Waals surface area (Å²) in [5.41, 5.74) is 5.56. The molecule has 0 radical (unpaired) electrons. The fraction of sp³-hybridized carbons (Fsp3) is 0.100. The van der Waals surface area contributed by atoms with Gasteiger partial charge < -0.3 is 10.5 Å². The molecule has 0 saturated carbocycles. The molecular formula is C10H10N2O4. The van der Waals surface area contributed by atoms with Crippen molar-refractivity contribution in [3.05, 3.63) is 46.0 Å². The second-order valence-corrected chi connectivity index (χ2v) is 2.88. The van der Waals surface area contributed by atoms with Crippen LogP contribution in [0.15, 0.2) is 30.3 Å². The number of nitrogens with zero attached hydrogens (tertiary/aromatic N) is 1. The van der Waals surface area contributed by atoms with E-state index in [2.05, 4.69) is 4.74 Å². The van der Waals surface area contributed by atoms with Crippen molar-refractivity contribution in [1.29, 1.82) is 0 Å². The molecule has 84 valence electrons. The largest absolute Gasteiger partial charge is 0.445 e. The minimum atomic E-state index is -0.839. The summed E-state index contributed by atoms with van der Waals surface area (Å²) in [4.78, 5) is 20.1. The fourth-order valence-corrected chi connectivity index (χ4v) is 1.02. The van der Waals surface area contributed by atoms with Gasteiger partial charge in [0.05, 0.1) is 4.92 Å². The smallest absolute Gasteiger partial charge is 0.404 e. The molecule has 6 nitrogen and oxygen atoms in total. The number of benzene rings is 1. The van der Waals surface area contributed by atoms with Crippen molar-refractivity contribution < 1.29 is 14.5 Å². The van der Waals surface area contributed by atoms with E-state index in [1.807, 2.05) is 0 Å². The van der Waals surface area contributed by atoms with Gasteiger partial charge in [-0.05, 0) is 23.8 Å². The number of hydrogen-bond acceptors (Lipinski definition) is 4. The van der Waals surface area contributed by atoms with E-state index in [9.17, 15) is 14.9 Å². The molecule has 6 heteroatoms. The monoisotopic (exact) mass is 222 g/mol. The van der Waals surface area contributed by atoms with E-state index in [0.717, 1.165) is 5.56 Å². The first-order chi connectivity index (χ1) is 7.59. The highest BCUT2D eigenvalue weighted by atomic mass is 16.6. The van der Waals surface area contributed by atoms with Crippen LogP contribution in [0.1, 0.15) is 5.56 Å². The van der Waals surface area contributed by atoms with Crippen molar-refractivity contribution in [1.82, 2.24) is 0 Å². The summed E-state index contributed by atoms with van der Waals surface area (Å²) in [7, 11) is 0. The van der Waals surface area contributed by atoms with Gasteiger partial charge in [-0.25, -0.2) is 4.79 Å². The molecule has 0 fully saturated rings. The van der Waals surface area contributed by atoms with E-state index in [4.69, 9.17) is 5.73 Å². The lowest BCUT2D eigenvalue weighted by Crippen LogP contribution is -2.12. The van der Waals surface area contributed by atoms with E-state index in [1.54, 1.807) is 24.3 Å². The van der Waals surface area contributed by atoms with Crippen LogP contribution in [0.3, 0.4) is 0 Å². The Hall–Kier alpha value is -2.37. The van der Waals surface area contributed by atoms with Crippen LogP contribution in [0.25, 0.3) is 6.08 Å². The van der Waals surface area contributed by atoms with Crippen LogP contribution >= 0.6 is 0 Å². The average molecular weight is 222 g/mol. The minimum Gasteiger partial charge on any atom is -0.445 e. The number of carbonyl (C=O) groups excluding carboxylic acids is 1. The second kappa shape index (κ2) is 5.50. The van der Waals surface area contributed by atoms with Gasteiger partial charge in [-0.2, -0.15) is 0 Å². The first kappa shape index (κ1) is 11.7. The van der Waals surface area contributed by atoms with Gasteiger partial charge in [-0.15, -0.1) is 0 Å². The zero-order valence-corrected chi connectivity index (χ0v) is 8.33. The summed E-state index contributed by atoms with van der Waals surface area (Å²) in [6.07, 6.45) is 2.42. The summed E-state index contributed by atoms with van der Waals surface area (Å²) in [5, 5.41) is 10.4. The van der Waals surface area contributed by atoms with E-state index < -0.39 is 11.0 Å². The predicted molar refractivity (Wildman–Crippen MR) is 57.7 cm³/mol. The third-order valence-electron chi connectivity index (χ3n) is 1.74. The third kappa shape index (κ3) is 3.79. The molecule has 0 aliphatic rings. The molecule has 16 heavy (non-hydrogen) atoms. The Morgan fingerprint density at radius 1 is 1.44 bits per heavy atom.